The van der Waals surface area contributed by atoms with Crippen molar-refractivity contribution in [3.63, 3.8) is 0 Å². The lowest BCUT2D eigenvalue weighted by molar-refractivity contribution is 0.713. The Morgan fingerprint density at radius 3 is 2.93 bits per heavy atom. The van der Waals surface area contributed by atoms with Gasteiger partial charge in [0.1, 0.15) is 0 Å². The maximum absolute atomic E-state index is 4.04. The van der Waals surface area contributed by atoms with E-state index in [0.29, 0.717) is 0 Å². The molecule has 0 N–H and O–H groups in total. The molecule has 0 unspecified atom stereocenters. The van der Waals surface area contributed by atoms with Crippen molar-refractivity contribution in [1.82, 2.24) is 15.0 Å². The van der Waals surface area contributed by atoms with Crippen molar-refractivity contribution in [1.29, 1.82) is 0 Å². The van der Waals surface area contributed by atoms with Crippen LogP contribution in [0.4, 0.5) is 0 Å². The summed E-state index contributed by atoms with van der Waals surface area (Å²) >= 11 is 0. The lowest BCUT2D eigenvalue weighted by atomic mass is 10.1. The molecule has 0 aliphatic heterocycles. The lowest BCUT2D eigenvalue weighted by Gasteiger charge is -1.98. The summed E-state index contributed by atoms with van der Waals surface area (Å²) in [5, 5.41) is 7.94. The molecule has 3 heteroatoms. The Morgan fingerprint density at radius 1 is 1.60 bits per heavy atom. The standard InChI is InChI=1S/C12H17N3/c1-4-6-11(7-5-2)8-9-12-10-15(3)14-13-12/h4-7,10H,1,8-9H2,2-3H3/b7-5-,11-6+. The van der Waals surface area contributed by atoms with Gasteiger partial charge in [0.25, 0.3) is 0 Å². The van der Waals surface area contributed by atoms with Gasteiger partial charge >= 0.3 is 0 Å². The quantitative estimate of drug-likeness (QED) is 0.688. The van der Waals surface area contributed by atoms with Gasteiger partial charge in [-0.2, -0.15) is 0 Å². The molecule has 15 heavy (non-hydrogen) atoms. The Morgan fingerprint density at radius 2 is 2.40 bits per heavy atom. The van der Waals surface area contributed by atoms with Gasteiger partial charge in [-0.05, 0) is 25.3 Å². The van der Waals surface area contributed by atoms with Crippen LogP contribution in [0.5, 0.6) is 0 Å². The van der Waals surface area contributed by atoms with Crippen LogP contribution in [0.25, 0.3) is 0 Å². The Kier molecular flexibility index (Phi) is 4.54. The summed E-state index contributed by atoms with van der Waals surface area (Å²) < 4.78 is 1.72. The molecule has 1 aromatic rings. The monoisotopic (exact) mass is 203 g/mol. The molecule has 0 radical (unpaired) electrons. The Bertz CT molecular complexity index is 372. The van der Waals surface area contributed by atoms with E-state index in [1.807, 2.05) is 38.4 Å². The van der Waals surface area contributed by atoms with E-state index in [-0.39, 0.29) is 0 Å². The minimum Gasteiger partial charge on any atom is -0.255 e. The first-order valence-corrected chi connectivity index (χ1v) is 5.05. The molecule has 3 nitrogen and oxygen atoms in total. The van der Waals surface area contributed by atoms with Crippen LogP contribution in [0.15, 0.2) is 42.7 Å². The first kappa shape index (κ1) is 11.4. The van der Waals surface area contributed by atoms with Gasteiger partial charge in [-0.1, -0.05) is 36.1 Å². The molecular formula is C12H17N3. The topological polar surface area (TPSA) is 30.7 Å². The van der Waals surface area contributed by atoms with Gasteiger partial charge in [-0.3, -0.25) is 4.68 Å². The molecule has 1 rings (SSSR count). The van der Waals surface area contributed by atoms with E-state index in [1.54, 1.807) is 4.68 Å². The molecule has 0 amide bonds. The SMILES string of the molecule is C=C/C=C(\C=C/C)CCc1cn(C)nn1. The number of nitrogens with zero attached hydrogens (tertiary/aromatic N) is 3. The maximum atomic E-state index is 4.04. The van der Waals surface area contributed by atoms with Crippen LogP contribution < -0.4 is 0 Å². The van der Waals surface area contributed by atoms with Crippen molar-refractivity contribution in [2.24, 2.45) is 7.05 Å². The van der Waals surface area contributed by atoms with Crippen LogP contribution >= 0.6 is 0 Å². The minimum absolute atomic E-state index is 0.915. The van der Waals surface area contributed by atoms with Gasteiger partial charge in [-0.15, -0.1) is 5.10 Å². The lowest BCUT2D eigenvalue weighted by Crippen LogP contribution is -1.87. The highest BCUT2D eigenvalue weighted by atomic mass is 15.4. The molecule has 80 valence electrons. The third-order valence-electron chi connectivity index (χ3n) is 2.03. The van der Waals surface area contributed by atoms with Crippen molar-refractivity contribution >= 4 is 0 Å². The third-order valence-corrected chi connectivity index (χ3v) is 2.03. The number of allylic oxidation sites excluding steroid dienone is 5. The average Bonchev–Trinajstić information content (AvgIpc) is 2.61. The fourth-order valence-electron chi connectivity index (χ4n) is 1.37. The molecule has 0 bridgehead atoms. The van der Waals surface area contributed by atoms with Crippen LogP contribution in [0.1, 0.15) is 19.0 Å². The van der Waals surface area contributed by atoms with Gasteiger partial charge in [0, 0.05) is 13.2 Å². The van der Waals surface area contributed by atoms with Gasteiger partial charge in [-0.25, -0.2) is 0 Å². The second-order valence-electron chi connectivity index (χ2n) is 3.36. The molecule has 0 saturated carbocycles. The largest absolute Gasteiger partial charge is 0.255 e. The van der Waals surface area contributed by atoms with E-state index < -0.39 is 0 Å². The Hall–Kier alpha value is -1.64. The zero-order chi connectivity index (χ0) is 11.1. The number of rotatable bonds is 5. The second kappa shape index (κ2) is 5.96. The Balaban J connectivity index is 2.54. The summed E-state index contributed by atoms with van der Waals surface area (Å²) in [6, 6.07) is 0. The molecule has 0 aliphatic carbocycles. The van der Waals surface area contributed by atoms with Crippen molar-refractivity contribution in [3.8, 4) is 0 Å². The third kappa shape index (κ3) is 3.94. The molecule has 1 heterocycles. The first-order valence-electron chi connectivity index (χ1n) is 5.05. The fraction of sp³-hybridized carbons (Fsp3) is 0.333. The molecule has 0 saturated heterocycles. The van der Waals surface area contributed by atoms with Gasteiger partial charge in [0.15, 0.2) is 0 Å². The molecule has 0 aromatic carbocycles. The van der Waals surface area contributed by atoms with Crippen LogP contribution in [0, 0.1) is 0 Å². The highest BCUT2D eigenvalue weighted by Crippen LogP contribution is 2.08. The smallest absolute Gasteiger partial charge is 0.0830 e. The predicted molar refractivity (Wildman–Crippen MR) is 62.4 cm³/mol. The summed E-state index contributed by atoms with van der Waals surface area (Å²) in [6.45, 7) is 5.71. The van der Waals surface area contributed by atoms with E-state index in [0.717, 1.165) is 18.5 Å². The zero-order valence-electron chi connectivity index (χ0n) is 9.35. The summed E-state index contributed by atoms with van der Waals surface area (Å²) in [4.78, 5) is 0. The van der Waals surface area contributed by atoms with Crippen LogP contribution in [-0.4, -0.2) is 15.0 Å². The normalized spacial score (nSPS) is 12.3. The van der Waals surface area contributed by atoms with Crippen LogP contribution in [0.3, 0.4) is 0 Å². The van der Waals surface area contributed by atoms with Crippen LogP contribution in [0.2, 0.25) is 0 Å². The number of aryl methyl sites for hydroxylation is 2. The molecule has 0 fully saturated rings. The van der Waals surface area contributed by atoms with E-state index >= 15 is 0 Å². The first-order chi connectivity index (χ1) is 7.26. The summed E-state index contributed by atoms with van der Waals surface area (Å²) in [5.74, 6) is 0. The van der Waals surface area contributed by atoms with Crippen molar-refractivity contribution in [3.05, 3.63) is 48.3 Å². The summed E-state index contributed by atoms with van der Waals surface area (Å²) in [5.41, 5.74) is 2.29. The highest BCUT2D eigenvalue weighted by molar-refractivity contribution is 5.23. The average molecular weight is 203 g/mol. The number of hydrogen-bond acceptors (Lipinski definition) is 2. The van der Waals surface area contributed by atoms with E-state index in [9.17, 15) is 0 Å². The second-order valence-corrected chi connectivity index (χ2v) is 3.36. The van der Waals surface area contributed by atoms with Crippen molar-refractivity contribution in [2.45, 2.75) is 19.8 Å². The van der Waals surface area contributed by atoms with Gasteiger partial charge in [0.05, 0.1) is 5.69 Å². The van der Waals surface area contributed by atoms with E-state index in [2.05, 4.69) is 23.0 Å². The predicted octanol–water partition coefficient (Wildman–Crippen LogP) is 2.44. The number of aromatic nitrogens is 3. The van der Waals surface area contributed by atoms with E-state index in [1.165, 1.54) is 5.57 Å². The molecule has 0 atom stereocenters. The van der Waals surface area contributed by atoms with Crippen molar-refractivity contribution in [2.75, 3.05) is 0 Å². The van der Waals surface area contributed by atoms with Crippen molar-refractivity contribution < 1.29 is 0 Å². The van der Waals surface area contributed by atoms with E-state index in [4.69, 9.17) is 0 Å². The minimum atomic E-state index is 0.915. The van der Waals surface area contributed by atoms with Gasteiger partial charge in [0.2, 0.25) is 0 Å². The number of hydrogen-bond donors (Lipinski definition) is 0. The summed E-state index contributed by atoms with van der Waals surface area (Å²) in [7, 11) is 1.88. The summed E-state index contributed by atoms with van der Waals surface area (Å²) in [6.07, 6.45) is 11.8. The Labute approximate surface area is 90.8 Å². The fourth-order valence-corrected chi connectivity index (χ4v) is 1.37. The molecule has 1 aromatic heterocycles. The maximum Gasteiger partial charge on any atom is 0.0830 e. The zero-order valence-corrected chi connectivity index (χ0v) is 9.35. The molecular weight excluding hydrogens is 186 g/mol. The molecule has 0 spiro atoms. The highest BCUT2D eigenvalue weighted by Gasteiger charge is 1.99. The molecule has 0 aliphatic rings. The van der Waals surface area contributed by atoms with Crippen LogP contribution in [-0.2, 0) is 13.5 Å². The van der Waals surface area contributed by atoms with Gasteiger partial charge < -0.3 is 0 Å².